The Balaban J connectivity index is 2.22. The van der Waals surface area contributed by atoms with E-state index < -0.39 is 6.03 Å². The summed E-state index contributed by atoms with van der Waals surface area (Å²) in [7, 11) is 0. The molecule has 0 saturated carbocycles. The number of carbonyl (C=O) groups is 1. The Hall–Kier alpha value is -2.88. The van der Waals surface area contributed by atoms with Gasteiger partial charge in [-0.1, -0.05) is 60.2 Å². The Labute approximate surface area is 122 Å². The number of hydrogen-bond donors (Lipinski definition) is 1. The quantitative estimate of drug-likeness (QED) is 0.779. The zero-order chi connectivity index (χ0) is 14.8. The van der Waals surface area contributed by atoms with E-state index in [0.29, 0.717) is 5.69 Å². The highest BCUT2D eigenvalue weighted by atomic mass is 16.2. The van der Waals surface area contributed by atoms with Crippen molar-refractivity contribution >= 4 is 6.03 Å². The molecule has 0 aliphatic heterocycles. The zero-order valence-corrected chi connectivity index (χ0v) is 11.7. The minimum absolute atomic E-state index is 0.591. The fourth-order valence-corrected chi connectivity index (χ4v) is 2.33. The lowest BCUT2D eigenvalue weighted by Gasteiger charge is -2.07. The summed E-state index contributed by atoms with van der Waals surface area (Å²) < 4.78 is 1.24. The van der Waals surface area contributed by atoms with E-state index in [9.17, 15) is 4.79 Å². The average Bonchev–Trinajstić information content (AvgIpc) is 2.94. The molecule has 4 nitrogen and oxygen atoms in total. The molecule has 1 amide bonds. The predicted octanol–water partition coefficient (Wildman–Crippen LogP) is 3.45. The van der Waals surface area contributed by atoms with Crippen molar-refractivity contribution in [3.63, 3.8) is 0 Å². The molecular formula is C17H15N3O. The third-order valence-corrected chi connectivity index (χ3v) is 3.39. The van der Waals surface area contributed by atoms with Crippen molar-refractivity contribution in [2.45, 2.75) is 6.92 Å². The zero-order valence-electron chi connectivity index (χ0n) is 11.7. The predicted molar refractivity (Wildman–Crippen MR) is 82.8 cm³/mol. The summed E-state index contributed by atoms with van der Waals surface area (Å²) in [5.41, 5.74) is 10.1. The molecule has 0 unspecified atom stereocenters. The number of nitrogens with zero attached hydrogens (tertiary/aromatic N) is 2. The molecule has 1 aromatic heterocycles. The van der Waals surface area contributed by atoms with Gasteiger partial charge in [-0.2, -0.15) is 9.78 Å². The minimum atomic E-state index is -0.591. The summed E-state index contributed by atoms with van der Waals surface area (Å²) in [4.78, 5) is 11.6. The van der Waals surface area contributed by atoms with E-state index in [0.717, 1.165) is 16.7 Å². The number of hydrogen-bond acceptors (Lipinski definition) is 2. The van der Waals surface area contributed by atoms with Crippen molar-refractivity contribution in [2.24, 2.45) is 5.73 Å². The molecule has 1 heterocycles. The Bertz CT molecular complexity index is 774. The maximum absolute atomic E-state index is 11.6. The lowest BCUT2D eigenvalue weighted by molar-refractivity contribution is 0.248. The first-order chi connectivity index (χ1) is 10.2. The Kier molecular flexibility index (Phi) is 3.28. The third-order valence-electron chi connectivity index (χ3n) is 3.39. The fourth-order valence-electron chi connectivity index (χ4n) is 2.33. The number of nitrogens with two attached hydrogens (primary N) is 1. The monoisotopic (exact) mass is 277 g/mol. The van der Waals surface area contributed by atoms with Crippen LogP contribution in [-0.2, 0) is 0 Å². The standard InChI is InChI=1S/C17H15N3O/c1-12-7-9-13(10-8-12)15-11-19-20(17(18)21)16(15)14-5-3-2-4-6-14/h2-11H,1H3,(H2,18,21). The van der Waals surface area contributed by atoms with Crippen LogP contribution in [0.15, 0.2) is 60.8 Å². The van der Waals surface area contributed by atoms with Crippen LogP contribution >= 0.6 is 0 Å². The van der Waals surface area contributed by atoms with Gasteiger partial charge >= 0.3 is 6.03 Å². The van der Waals surface area contributed by atoms with E-state index in [4.69, 9.17) is 5.73 Å². The maximum atomic E-state index is 11.6. The molecule has 2 N–H and O–H groups in total. The summed E-state index contributed by atoms with van der Waals surface area (Å²) in [6.45, 7) is 2.04. The number of amides is 1. The van der Waals surface area contributed by atoms with Crippen LogP contribution < -0.4 is 5.73 Å². The normalized spacial score (nSPS) is 10.5. The summed E-state index contributed by atoms with van der Waals surface area (Å²) in [6, 6.07) is 17.2. The molecule has 4 heteroatoms. The fraction of sp³-hybridized carbons (Fsp3) is 0.0588. The van der Waals surface area contributed by atoms with Crippen LogP contribution in [-0.4, -0.2) is 15.8 Å². The van der Waals surface area contributed by atoms with E-state index in [1.54, 1.807) is 6.20 Å². The number of carbonyl (C=O) groups excluding carboxylic acids is 1. The SMILES string of the molecule is Cc1ccc(-c2cnn(C(N)=O)c2-c2ccccc2)cc1. The first-order valence-electron chi connectivity index (χ1n) is 6.67. The second kappa shape index (κ2) is 5.25. The highest BCUT2D eigenvalue weighted by molar-refractivity contribution is 5.88. The van der Waals surface area contributed by atoms with Crippen LogP contribution in [0.1, 0.15) is 5.56 Å². The average molecular weight is 277 g/mol. The van der Waals surface area contributed by atoms with Gasteiger partial charge in [-0.05, 0) is 12.5 Å². The van der Waals surface area contributed by atoms with Crippen LogP contribution in [0.3, 0.4) is 0 Å². The Morgan fingerprint density at radius 3 is 2.29 bits per heavy atom. The summed E-state index contributed by atoms with van der Waals surface area (Å²) in [6.07, 6.45) is 1.68. The van der Waals surface area contributed by atoms with Crippen molar-refractivity contribution in [1.29, 1.82) is 0 Å². The van der Waals surface area contributed by atoms with E-state index in [-0.39, 0.29) is 0 Å². The number of aromatic nitrogens is 2. The smallest absolute Gasteiger partial charge is 0.340 e. The largest absolute Gasteiger partial charge is 0.350 e. The van der Waals surface area contributed by atoms with Crippen molar-refractivity contribution in [1.82, 2.24) is 9.78 Å². The van der Waals surface area contributed by atoms with E-state index >= 15 is 0 Å². The van der Waals surface area contributed by atoms with Gasteiger partial charge in [0.25, 0.3) is 0 Å². The van der Waals surface area contributed by atoms with Gasteiger partial charge in [0.15, 0.2) is 0 Å². The number of primary amides is 1. The first kappa shape index (κ1) is 13.1. The molecule has 0 atom stereocenters. The maximum Gasteiger partial charge on any atom is 0.340 e. The summed E-state index contributed by atoms with van der Waals surface area (Å²) >= 11 is 0. The molecular weight excluding hydrogens is 262 g/mol. The van der Waals surface area contributed by atoms with Gasteiger partial charge in [0.2, 0.25) is 0 Å². The molecule has 0 radical (unpaired) electrons. The van der Waals surface area contributed by atoms with Gasteiger partial charge in [0, 0.05) is 11.1 Å². The molecule has 0 saturated heterocycles. The van der Waals surface area contributed by atoms with Gasteiger partial charge in [-0.25, -0.2) is 4.79 Å². The van der Waals surface area contributed by atoms with Crippen LogP contribution in [0, 0.1) is 6.92 Å². The molecule has 0 aliphatic carbocycles. The van der Waals surface area contributed by atoms with Crippen molar-refractivity contribution in [3.05, 3.63) is 66.4 Å². The Morgan fingerprint density at radius 2 is 1.67 bits per heavy atom. The highest BCUT2D eigenvalue weighted by Crippen LogP contribution is 2.31. The summed E-state index contributed by atoms with van der Waals surface area (Å²) in [5.74, 6) is 0. The number of benzene rings is 2. The number of rotatable bonds is 2. The lowest BCUT2D eigenvalue weighted by Crippen LogP contribution is -2.21. The van der Waals surface area contributed by atoms with Crippen molar-refractivity contribution in [3.8, 4) is 22.4 Å². The molecule has 21 heavy (non-hydrogen) atoms. The topological polar surface area (TPSA) is 60.9 Å². The molecule has 104 valence electrons. The van der Waals surface area contributed by atoms with Crippen LogP contribution in [0.5, 0.6) is 0 Å². The van der Waals surface area contributed by atoms with Crippen molar-refractivity contribution in [2.75, 3.05) is 0 Å². The molecule has 0 spiro atoms. The van der Waals surface area contributed by atoms with Gasteiger partial charge in [0.1, 0.15) is 0 Å². The van der Waals surface area contributed by atoms with Gasteiger partial charge in [-0.3, -0.25) is 0 Å². The second-order valence-electron chi connectivity index (χ2n) is 4.89. The lowest BCUT2D eigenvalue weighted by atomic mass is 10.0. The first-order valence-corrected chi connectivity index (χ1v) is 6.67. The molecule has 2 aromatic carbocycles. The summed E-state index contributed by atoms with van der Waals surface area (Å²) in [5, 5.41) is 4.13. The van der Waals surface area contributed by atoms with Crippen molar-refractivity contribution < 1.29 is 4.79 Å². The Morgan fingerprint density at radius 1 is 1.00 bits per heavy atom. The van der Waals surface area contributed by atoms with E-state index in [2.05, 4.69) is 5.10 Å². The highest BCUT2D eigenvalue weighted by Gasteiger charge is 2.17. The minimum Gasteiger partial charge on any atom is -0.350 e. The third kappa shape index (κ3) is 2.43. The molecule has 3 aromatic rings. The molecule has 0 bridgehead atoms. The van der Waals surface area contributed by atoms with Crippen LogP contribution in [0.25, 0.3) is 22.4 Å². The van der Waals surface area contributed by atoms with Crippen LogP contribution in [0.2, 0.25) is 0 Å². The van der Waals surface area contributed by atoms with Gasteiger partial charge < -0.3 is 5.73 Å². The van der Waals surface area contributed by atoms with E-state index in [1.807, 2.05) is 61.5 Å². The van der Waals surface area contributed by atoms with Crippen LogP contribution in [0.4, 0.5) is 4.79 Å². The second-order valence-corrected chi connectivity index (χ2v) is 4.89. The van der Waals surface area contributed by atoms with Gasteiger partial charge in [0.05, 0.1) is 11.9 Å². The molecule has 0 fully saturated rings. The molecule has 0 aliphatic rings. The van der Waals surface area contributed by atoms with E-state index in [1.165, 1.54) is 10.2 Å². The van der Waals surface area contributed by atoms with Gasteiger partial charge in [-0.15, -0.1) is 0 Å². The molecule has 3 rings (SSSR count). The number of aryl methyl sites for hydroxylation is 1.